The number of aliphatic hydroxyl groups excluding tert-OH is 1. The van der Waals surface area contributed by atoms with Crippen molar-refractivity contribution in [2.45, 2.75) is 31.8 Å². The molecule has 1 aromatic rings. The molecule has 18 heavy (non-hydrogen) atoms. The summed E-state index contributed by atoms with van der Waals surface area (Å²) < 4.78 is 1.35. The molecule has 3 unspecified atom stereocenters. The zero-order valence-electron chi connectivity index (χ0n) is 9.60. The van der Waals surface area contributed by atoms with Crippen LogP contribution in [-0.4, -0.2) is 16.2 Å². The fraction of sp³-hybridized carbons (Fsp3) is 0.583. The quantitative estimate of drug-likeness (QED) is 0.860. The number of hydrogen-bond donors (Lipinski definition) is 2. The van der Waals surface area contributed by atoms with Gasteiger partial charge in [0.25, 0.3) is 0 Å². The second-order valence-electron chi connectivity index (χ2n) is 4.61. The van der Waals surface area contributed by atoms with Crippen LogP contribution in [0.15, 0.2) is 10.5 Å². The van der Waals surface area contributed by atoms with Gasteiger partial charge >= 0.3 is 5.97 Å². The molecule has 3 nitrogen and oxygen atoms in total. The number of aliphatic carboxylic acids is 1. The first-order valence-corrected chi connectivity index (χ1v) is 7.85. The largest absolute Gasteiger partial charge is 0.481 e. The van der Waals surface area contributed by atoms with Crippen molar-refractivity contribution in [1.82, 2.24) is 0 Å². The van der Waals surface area contributed by atoms with Crippen LogP contribution < -0.4 is 0 Å². The van der Waals surface area contributed by atoms with E-state index in [9.17, 15) is 15.0 Å². The molecule has 2 N–H and O–H groups in total. The van der Waals surface area contributed by atoms with Gasteiger partial charge in [0.2, 0.25) is 0 Å². The maximum absolute atomic E-state index is 11.2. The van der Waals surface area contributed by atoms with E-state index in [0.29, 0.717) is 10.8 Å². The van der Waals surface area contributed by atoms with E-state index in [1.54, 1.807) is 6.07 Å². The van der Waals surface area contributed by atoms with E-state index in [2.05, 4.69) is 15.9 Å². The Hall–Kier alpha value is -0.100. The number of carboxylic acid groups (broad SMARTS) is 1. The molecule has 6 heteroatoms. The Morgan fingerprint density at radius 2 is 2.17 bits per heavy atom. The van der Waals surface area contributed by atoms with Gasteiger partial charge in [-0.15, -0.1) is 11.3 Å². The van der Waals surface area contributed by atoms with Gasteiger partial charge in [-0.1, -0.05) is 24.4 Å². The number of carbonyl (C=O) groups is 1. The SMILES string of the molecule is O=C(O)C1CCCCC1C(O)c1cc(Br)c(Cl)s1. The molecule has 0 aromatic carbocycles. The van der Waals surface area contributed by atoms with E-state index in [1.165, 1.54) is 11.3 Å². The average molecular weight is 354 g/mol. The zero-order chi connectivity index (χ0) is 13.3. The van der Waals surface area contributed by atoms with E-state index in [1.807, 2.05) is 0 Å². The lowest BCUT2D eigenvalue weighted by molar-refractivity contribution is -0.147. The summed E-state index contributed by atoms with van der Waals surface area (Å²) in [5.74, 6) is -1.47. The molecular formula is C12H14BrClO3S. The molecule has 1 heterocycles. The standard InChI is InChI=1S/C12H14BrClO3S/c13-8-5-9(18-11(8)14)10(15)6-3-1-2-4-7(6)12(16)17/h5-7,10,15H,1-4H2,(H,16,17). The minimum atomic E-state index is -0.805. The fourth-order valence-corrected chi connectivity index (χ4v) is 4.36. The highest BCUT2D eigenvalue weighted by molar-refractivity contribution is 9.10. The van der Waals surface area contributed by atoms with Gasteiger partial charge in [0, 0.05) is 15.3 Å². The lowest BCUT2D eigenvalue weighted by Gasteiger charge is -2.31. The van der Waals surface area contributed by atoms with E-state index < -0.39 is 18.0 Å². The summed E-state index contributed by atoms with van der Waals surface area (Å²) in [4.78, 5) is 12.0. The molecule has 1 saturated carbocycles. The van der Waals surface area contributed by atoms with Gasteiger partial charge in [-0.3, -0.25) is 4.79 Å². The fourth-order valence-electron chi connectivity index (χ4n) is 2.56. The maximum atomic E-state index is 11.2. The normalized spacial score (nSPS) is 25.9. The topological polar surface area (TPSA) is 57.5 Å². The molecule has 0 aliphatic heterocycles. The van der Waals surface area contributed by atoms with Gasteiger partial charge < -0.3 is 10.2 Å². The van der Waals surface area contributed by atoms with Crippen molar-refractivity contribution < 1.29 is 15.0 Å². The monoisotopic (exact) mass is 352 g/mol. The Morgan fingerprint density at radius 3 is 2.72 bits per heavy atom. The van der Waals surface area contributed by atoms with Crippen LogP contribution in [0.25, 0.3) is 0 Å². The van der Waals surface area contributed by atoms with Crippen molar-refractivity contribution in [3.05, 3.63) is 19.8 Å². The van der Waals surface area contributed by atoms with Crippen LogP contribution in [0.3, 0.4) is 0 Å². The minimum Gasteiger partial charge on any atom is -0.481 e. The molecule has 2 rings (SSSR count). The van der Waals surface area contributed by atoms with Gasteiger partial charge in [-0.05, 0) is 34.8 Å². The van der Waals surface area contributed by atoms with E-state index in [0.717, 1.165) is 28.6 Å². The summed E-state index contributed by atoms with van der Waals surface area (Å²) in [5, 5.41) is 19.6. The highest BCUT2D eigenvalue weighted by atomic mass is 79.9. The first-order valence-electron chi connectivity index (χ1n) is 5.86. The Morgan fingerprint density at radius 1 is 1.50 bits per heavy atom. The number of carboxylic acids is 1. The van der Waals surface area contributed by atoms with Crippen LogP contribution in [0.4, 0.5) is 0 Å². The summed E-state index contributed by atoms with van der Waals surface area (Å²) in [6, 6.07) is 1.78. The summed E-state index contributed by atoms with van der Waals surface area (Å²) in [6.07, 6.45) is 2.57. The molecule has 0 bridgehead atoms. The van der Waals surface area contributed by atoms with Crippen molar-refractivity contribution in [1.29, 1.82) is 0 Å². The molecule has 0 radical (unpaired) electrons. The van der Waals surface area contributed by atoms with E-state index in [4.69, 9.17) is 11.6 Å². The number of thiophene rings is 1. The molecular weight excluding hydrogens is 340 g/mol. The summed E-state index contributed by atoms with van der Waals surface area (Å²) in [6.45, 7) is 0. The Labute approximate surface area is 123 Å². The van der Waals surface area contributed by atoms with Crippen molar-refractivity contribution in [3.63, 3.8) is 0 Å². The molecule has 1 aliphatic carbocycles. The summed E-state index contributed by atoms with van der Waals surface area (Å²) in [7, 11) is 0. The molecule has 1 aliphatic rings. The first kappa shape index (κ1) is 14.3. The van der Waals surface area contributed by atoms with Crippen LogP contribution in [0.1, 0.15) is 36.7 Å². The summed E-state index contributed by atoms with van der Waals surface area (Å²) >= 11 is 10.6. The van der Waals surface area contributed by atoms with E-state index in [-0.39, 0.29) is 5.92 Å². The van der Waals surface area contributed by atoms with E-state index >= 15 is 0 Å². The number of hydrogen-bond acceptors (Lipinski definition) is 3. The van der Waals surface area contributed by atoms with Crippen LogP contribution in [-0.2, 0) is 4.79 Å². The lowest BCUT2D eigenvalue weighted by atomic mass is 9.76. The van der Waals surface area contributed by atoms with Crippen LogP contribution in [0, 0.1) is 11.8 Å². The predicted octanol–water partition coefficient (Wildman–Crippen LogP) is 4.09. The first-order chi connectivity index (χ1) is 8.50. The second-order valence-corrected chi connectivity index (χ2v) is 7.15. The summed E-state index contributed by atoms with van der Waals surface area (Å²) in [5.41, 5.74) is 0. The Balaban J connectivity index is 2.20. The molecule has 1 fully saturated rings. The van der Waals surface area contributed by atoms with Gasteiger partial charge in [0.05, 0.1) is 12.0 Å². The van der Waals surface area contributed by atoms with Crippen LogP contribution >= 0.6 is 38.9 Å². The molecule has 0 amide bonds. The smallest absolute Gasteiger partial charge is 0.306 e. The average Bonchev–Trinajstić information content (AvgIpc) is 2.68. The van der Waals surface area contributed by atoms with Crippen LogP contribution in [0.5, 0.6) is 0 Å². The number of rotatable bonds is 3. The number of halogens is 2. The van der Waals surface area contributed by atoms with Crippen LogP contribution in [0.2, 0.25) is 4.34 Å². The third-order valence-electron chi connectivity index (χ3n) is 3.50. The predicted molar refractivity (Wildman–Crippen MR) is 75.1 cm³/mol. The van der Waals surface area contributed by atoms with Crippen molar-refractivity contribution in [2.24, 2.45) is 11.8 Å². The van der Waals surface area contributed by atoms with Gasteiger partial charge in [-0.25, -0.2) is 0 Å². The third kappa shape index (κ3) is 2.90. The zero-order valence-corrected chi connectivity index (χ0v) is 12.8. The third-order valence-corrected chi connectivity index (χ3v) is 6.04. The molecule has 0 spiro atoms. The Bertz CT molecular complexity index is 429. The van der Waals surface area contributed by atoms with Gasteiger partial charge in [-0.2, -0.15) is 0 Å². The van der Waals surface area contributed by atoms with Gasteiger partial charge in [0.15, 0.2) is 0 Å². The number of aliphatic hydroxyl groups is 1. The van der Waals surface area contributed by atoms with Crippen molar-refractivity contribution in [3.8, 4) is 0 Å². The second kappa shape index (κ2) is 5.90. The van der Waals surface area contributed by atoms with Crippen molar-refractivity contribution in [2.75, 3.05) is 0 Å². The highest BCUT2D eigenvalue weighted by Gasteiger charge is 2.36. The van der Waals surface area contributed by atoms with Gasteiger partial charge in [0.1, 0.15) is 4.34 Å². The lowest BCUT2D eigenvalue weighted by Crippen LogP contribution is -2.31. The maximum Gasteiger partial charge on any atom is 0.306 e. The minimum absolute atomic E-state index is 0.210. The molecule has 100 valence electrons. The Kier molecular flexibility index (Phi) is 4.69. The molecule has 3 atom stereocenters. The molecule has 0 saturated heterocycles. The molecule has 1 aromatic heterocycles. The highest BCUT2D eigenvalue weighted by Crippen LogP contribution is 2.43. The van der Waals surface area contributed by atoms with Crippen molar-refractivity contribution >= 4 is 44.8 Å².